The average Bonchev–Trinajstić information content (AvgIpc) is 3.03. The highest BCUT2D eigenvalue weighted by molar-refractivity contribution is 5.47. The topological polar surface area (TPSA) is 32.7 Å². The van der Waals surface area contributed by atoms with E-state index in [9.17, 15) is 5.11 Å². The number of hydrogen-bond donors (Lipinski definition) is 1. The molecular formula is C37H37NO2. The van der Waals surface area contributed by atoms with Crippen molar-refractivity contribution < 1.29 is 9.84 Å². The second-order valence-electron chi connectivity index (χ2n) is 10.1. The molecular weight excluding hydrogens is 490 g/mol. The van der Waals surface area contributed by atoms with Crippen molar-refractivity contribution in [2.24, 2.45) is 0 Å². The number of hydrogen-bond acceptors (Lipinski definition) is 3. The maximum Gasteiger partial charge on any atom is 0.143 e. The van der Waals surface area contributed by atoms with Crippen molar-refractivity contribution in [1.82, 2.24) is 4.90 Å². The monoisotopic (exact) mass is 527 g/mol. The molecule has 0 fully saturated rings. The molecule has 0 bridgehead atoms. The van der Waals surface area contributed by atoms with Gasteiger partial charge < -0.3 is 9.84 Å². The standard InChI is InChI=1S/C37H37NO2/c39-27-26-36(38(28-31-16-6-1-7-17-31)29-32-18-8-2-9-19-32)30-40-37(33-20-10-3-11-21-33,34-22-12-4-13-23-34)35-24-14-5-15-25-35/h1-25,36,39H,26-30H2/t36-/m0/s1. The summed E-state index contributed by atoms with van der Waals surface area (Å²) in [6, 6.07) is 52.5. The van der Waals surface area contributed by atoms with Gasteiger partial charge in [0.05, 0.1) is 6.61 Å². The Labute approximate surface area is 238 Å². The molecule has 0 aliphatic rings. The highest BCUT2D eigenvalue weighted by Gasteiger charge is 2.38. The molecule has 0 saturated heterocycles. The molecule has 1 N–H and O–H groups in total. The Hall–Kier alpha value is -4.02. The Balaban J connectivity index is 1.55. The fourth-order valence-corrected chi connectivity index (χ4v) is 5.46. The number of rotatable bonds is 13. The second-order valence-corrected chi connectivity index (χ2v) is 10.1. The first kappa shape index (κ1) is 27.5. The van der Waals surface area contributed by atoms with E-state index in [0.717, 1.165) is 29.8 Å². The highest BCUT2D eigenvalue weighted by Crippen LogP contribution is 2.40. The van der Waals surface area contributed by atoms with E-state index in [1.807, 2.05) is 30.3 Å². The third kappa shape index (κ3) is 6.57. The fourth-order valence-electron chi connectivity index (χ4n) is 5.46. The largest absolute Gasteiger partial charge is 0.396 e. The summed E-state index contributed by atoms with van der Waals surface area (Å²) < 4.78 is 7.21. The molecule has 0 aliphatic carbocycles. The number of nitrogens with zero attached hydrogens (tertiary/aromatic N) is 1. The summed E-state index contributed by atoms with van der Waals surface area (Å²) in [5, 5.41) is 10.2. The second kappa shape index (κ2) is 13.9. The Bertz CT molecular complexity index is 1260. The predicted molar refractivity (Wildman–Crippen MR) is 163 cm³/mol. The predicted octanol–water partition coefficient (Wildman–Crippen LogP) is 7.45. The van der Waals surface area contributed by atoms with Gasteiger partial charge >= 0.3 is 0 Å². The molecule has 202 valence electrons. The van der Waals surface area contributed by atoms with E-state index in [-0.39, 0.29) is 12.6 Å². The van der Waals surface area contributed by atoms with Crippen LogP contribution in [0.15, 0.2) is 152 Å². The Morgan fingerprint density at radius 1 is 0.525 bits per heavy atom. The van der Waals surface area contributed by atoms with Gasteiger partial charge in [0.15, 0.2) is 0 Å². The Morgan fingerprint density at radius 2 is 0.875 bits per heavy atom. The van der Waals surface area contributed by atoms with Crippen LogP contribution in [0.1, 0.15) is 34.2 Å². The molecule has 1 atom stereocenters. The summed E-state index contributed by atoms with van der Waals surface area (Å²) in [5.74, 6) is 0. The van der Waals surface area contributed by atoms with E-state index in [4.69, 9.17) is 4.74 Å². The van der Waals surface area contributed by atoms with Gasteiger partial charge in [0, 0.05) is 25.7 Å². The average molecular weight is 528 g/mol. The lowest BCUT2D eigenvalue weighted by Crippen LogP contribution is -2.42. The van der Waals surface area contributed by atoms with Gasteiger partial charge in [0.2, 0.25) is 0 Å². The van der Waals surface area contributed by atoms with Gasteiger partial charge in [0.1, 0.15) is 5.60 Å². The Kier molecular flexibility index (Phi) is 9.54. The van der Waals surface area contributed by atoms with Crippen LogP contribution in [-0.2, 0) is 23.4 Å². The van der Waals surface area contributed by atoms with Gasteiger partial charge in [-0.15, -0.1) is 0 Å². The quantitative estimate of drug-likeness (QED) is 0.161. The van der Waals surface area contributed by atoms with Gasteiger partial charge in [0.25, 0.3) is 0 Å². The van der Waals surface area contributed by atoms with Gasteiger partial charge in [-0.2, -0.15) is 0 Å². The third-order valence-electron chi connectivity index (χ3n) is 7.47. The molecule has 5 aromatic rings. The molecule has 0 unspecified atom stereocenters. The third-order valence-corrected chi connectivity index (χ3v) is 7.47. The molecule has 5 rings (SSSR count). The van der Waals surface area contributed by atoms with E-state index >= 15 is 0 Å². The van der Waals surface area contributed by atoms with Crippen LogP contribution in [-0.4, -0.2) is 29.3 Å². The van der Waals surface area contributed by atoms with Crippen molar-refractivity contribution >= 4 is 0 Å². The molecule has 3 nitrogen and oxygen atoms in total. The van der Waals surface area contributed by atoms with E-state index in [2.05, 4.69) is 126 Å². The van der Waals surface area contributed by atoms with E-state index in [0.29, 0.717) is 13.0 Å². The Morgan fingerprint density at radius 3 is 1.23 bits per heavy atom. The number of benzene rings is 5. The molecule has 0 saturated carbocycles. The molecule has 0 radical (unpaired) electrons. The zero-order valence-corrected chi connectivity index (χ0v) is 22.8. The van der Waals surface area contributed by atoms with Crippen LogP contribution in [0.2, 0.25) is 0 Å². The molecule has 0 heterocycles. The zero-order valence-electron chi connectivity index (χ0n) is 22.8. The van der Waals surface area contributed by atoms with E-state index in [1.165, 1.54) is 11.1 Å². The molecule has 40 heavy (non-hydrogen) atoms. The van der Waals surface area contributed by atoms with Crippen LogP contribution in [0, 0.1) is 0 Å². The smallest absolute Gasteiger partial charge is 0.143 e. The van der Waals surface area contributed by atoms with E-state index < -0.39 is 5.60 Å². The summed E-state index contributed by atoms with van der Waals surface area (Å²) in [6.07, 6.45) is 0.605. The zero-order chi connectivity index (χ0) is 27.5. The SMILES string of the molecule is OCC[C@@H](COC(c1ccccc1)(c1ccccc1)c1ccccc1)N(Cc1ccccc1)Cc1ccccc1. The van der Waals surface area contributed by atoms with Crippen LogP contribution in [0.25, 0.3) is 0 Å². The first-order valence-corrected chi connectivity index (χ1v) is 14.0. The van der Waals surface area contributed by atoms with Gasteiger partial charge in [-0.05, 0) is 34.2 Å². The lowest BCUT2D eigenvalue weighted by atomic mass is 9.80. The summed E-state index contributed by atoms with van der Waals surface area (Å²) in [7, 11) is 0. The highest BCUT2D eigenvalue weighted by atomic mass is 16.5. The summed E-state index contributed by atoms with van der Waals surface area (Å²) in [4.78, 5) is 2.44. The van der Waals surface area contributed by atoms with Crippen molar-refractivity contribution in [2.45, 2.75) is 31.2 Å². The van der Waals surface area contributed by atoms with Gasteiger partial charge in [-0.25, -0.2) is 0 Å². The minimum atomic E-state index is -0.803. The van der Waals surface area contributed by atoms with Gasteiger partial charge in [-0.1, -0.05) is 152 Å². The fraction of sp³-hybridized carbons (Fsp3) is 0.189. The first-order chi connectivity index (χ1) is 19.8. The van der Waals surface area contributed by atoms with Crippen LogP contribution in [0.4, 0.5) is 0 Å². The van der Waals surface area contributed by atoms with Crippen molar-refractivity contribution in [1.29, 1.82) is 0 Å². The van der Waals surface area contributed by atoms with Crippen molar-refractivity contribution in [3.8, 4) is 0 Å². The minimum Gasteiger partial charge on any atom is -0.396 e. The molecule has 0 aromatic heterocycles. The molecule has 0 spiro atoms. The minimum absolute atomic E-state index is 0.0130. The lowest BCUT2D eigenvalue weighted by Gasteiger charge is -2.39. The van der Waals surface area contributed by atoms with Crippen LogP contribution in [0.3, 0.4) is 0 Å². The molecule has 5 aromatic carbocycles. The maximum absolute atomic E-state index is 10.2. The van der Waals surface area contributed by atoms with Crippen LogP contribution in [0.5, 0.6) is 0 Å². The summed E-state index contributed by atoms with van der Waals surface area (Å²) >= 11 is 0. The maximum atomic E-state index is 10.2. The van der Waals surface area contributed by atoms with E-state index in [1.54, 1.807) is 0 Å². The molecule has 0 aliphatic heterocycles. The van der Waals surface area contributed by atoms with Crippen LogP contribution < -0.4 is 0 Å². The number of aliphatic hydroxyl groups is 1. The van der Waals surface area contributed by atoms with Crippen molar-refractivity contribution in [2.75, 3.05) is 13.2 Å². The summed E-state index contributed by atoms with van der Waals surface area (Å²) in [5.41, 5.74) is 4.90. The van der Waals surface area contributed by atoms with Gasteiger partial charge in [-0.3, -0.25) is 4.90 Å². The van der Waals surface area contributed by atoms with Crippen molar-refractivity contribution in [3.05, 3.63) is 179 Å². The molecule has 3 heteroatoms. The first-order valence-electron chi connectivity index (χ1n) is 14.0. The van der Waals surface area contributed by atoms with Crippen molar-refractivity contribution in [3.63, 3.8) is 0 Å². The summed E-state index contributed by atoms with van der Waals surface area (Å²) in [6.45, 7) is 2.06. The normalized spacial score (nSPS) is 12.3. The number of ether oxygens (including phenoxy) is 1. The molecule has 0 amide bonds. The van der Waals surface area contributed by atoms with Crippen LogP contribution >= 0.6 is 0 Å². The number of aliphatic hydroxyl groups excluding tert-OH is 1. The lowest BCUT2D eigenvalue weighted by molar-refractivity contribution is -0.0321.